The number of carbonyl (C=O) groups excluding carboxylic acids is 1. The fourth-order valence-corrected chi connectivity index (χ4v) is 3.23. The van der Waals surface area contributed by atoms with Crippen LogP contribution in [0.1, 0.15) is 30.5 Å². The molecule has 0 spiro atoms. The molecule has 6 heteroatoms. The van der Waals surface area contributed by atoms with Crippen LogP contribution < -0.4 is 24.3 Å². The van der Waals surface area contributed by atoms with Gasteiger partial charge in [0.05, 0.1) is 6.04 Å². The molecule has 2 aliphatic heterocycles. The van der Waals surface area contributed by atoms with Gasteiger partial charge < -0.3 is 24.3 Å². The molecular formula is C21H23NO5. The standard InChI is InChI=1S/C21H23NO5/c1-14(16-4-6-18-20(13-16)27-11-9-25-18)22-21(23)7-3-15-2-5-17-19(12-15)26-10-8-24-17/h2,4-6,12-14H,3,7-11H2,1H3,(H,22,23). The molecule has 0 saturated carbocycles. The molecule has 0 radical (unpaired) electrons. The van der Waals surface area contributed by atoms with E-state index in [0.29, 0.717) is 39.3 Å². The van der Waals surface area contributed by atoms with Crippen molar-refractivity contribution in [1.82, 2.24) is 5.32 Å². The summed E-state index contributed by atoms with van der Waals surface area (Å²) < 4.78 is 22.3. The lowest BCUT2D eigenvalue weighted by atomic mass is 10.1. The maximum absolute atomic E-state index is 12.4. The van der Waals surface area contributed by atoms with Crippen LogP contribution in [-0.4, -0.2) is 32.3 Å². The Bertz CT molecular complexity index is 835. The van der Waals surface area contributed by atoms with E-state index >= 15 is 0 Å². The van der Waals surface area contributed by atoms with Crippen LogP contribution in [-0.2, 0) is 11.2 Å². The molecule has 2 aromatic carbocycles. The molecule has 0 fully saturated rings. The van der Waals surface area contributed by atoms with Gasteiger partial charge in [-0.25, -0.2) is 0 Å². The highest BCUT2D eigenvalue weighted by atomic mass is 16.6. The van der Waals surface area contributed by atoms with Crippen molar-refractivity contribution in [2.75, 3.05) is 26.4 Å². The van der Waals surface area contributed by atoms with E-state index in [1.807, 2.05) is 43.3 Å². The maximum atomic E-state index is 12.4. The van der Waals surface area contributed by atoms with Crippen molar-refractivity contribution in [3.63, 3.8) is 0 Å². The minimum atomic E-state index is -0.103. The fourth-order valence-electron chi connectivity index (χ4n) is 3.23. The van der Waals surface area contributed by atoms with Crippen molar-refractivity contribution in [1.29, 1.82) is 0 Å². The lowest BCUT2D eigenvalue weighted by Gasteiger charge is -2.21. The van der Waals surface area contributed by atoms with Crippen molar-refractivity contribution >= 4 is 5.91 Å². The Morgan fingerprint density at radius 3 is 2.19 bits per heavy atom. The number of hydrogen-bond acceptors (Lipinski definition) is 5. The van der Waals surface area contributed by atoms with E-state index in [1.165, 1.54) is 0 Å². The highest BCUT2D eigenvalue weighted by Crippen LogP contribution is 2.33. The third-order valence-electron chi connectivity index (χ3n) is 4.69. The summed E-state index contributed by atoms with van der Waals surface area (Å²) in [6.07, 6.45) is 1.06. The zero-order valence-corrected chi connectivity index (χ0v) is 15.3. The van der Waals surface area contributed by atoms with E-state index in [9.17, 15) is 4.79 Å². The summed E-state index contributed by atoms with van der Waals surface area (Å²) in [5, 5.41) is 3.04. The number of nitrogens with one attached hydrogen (secondary N) is 1. The van der Waals surface area contributed by atoms with E-state index in [4.69, 9.17) is 18.9 Å². The molecule has 1 amide bonds. The second kappa shape index (κ2) is 7.78. The predicted molar refractivity (Wildman–Crippen MR) is 99.7 cm³/mol. The molecule has 2 heterocycles. The van der Waals surface area contributed by atoms with Gasteiger partial charge in [0.25, 0.3) is 0 Å². The van der Waals surface area contributed by atoms with Gasteiger partial charge in [0.2, 0.25) is 5.91 Å². The molecule has 4 rings (SSSR count). The molecular weight excluding hydrogens is 346 g/mol. The van der Waals surface area contributed by atoms with Crippen LogP contribution in [0, 0.1) is 0 Å². The Kier molecular flexibility index (Phi) is 5.05. The molecule has 0 aliphatic carbocycles. The number of amides is 1. The van der Waals surface area contributed by atoms with Gasteiger partial charge in [-0.1, -0.05) is 12.1 Å². The van der Waals surface area contributed by atoms with Crippen LogP contribution in [0.4, 0.5) is 0 Å². The van der Waals surface area contributed by atoms with Crippen molar-refractivity contribution in [2.45, 2.75) is 25.8 Å². The Morgan fingerprint density at radius 1 is 0.889 bits per heavy atom. The Labute approximate surface area is 158 Å². The van der Waals surface area contributed by atoms with Crippen LogP contribution in [0.2, 0.25) is 0 Å². The SMILES string of the molecule is CC(NC(=O)CCc1ccc2c(c1)OCCO2)c1ccc2c(c1)OCCO2. The van der Waals surface area contributed by atoms with Crippen LogP contribution >= 0.6 is 0 Å². The number of ether oxygens (including phenoxy) is 4. The molecule has 27 heavy (non-hydrogen) atoms. The van der Waals surface area contributed by atoms with Gasteiger partial charge >= 0.3 is 0 Å². The first-order valence-electron chi connectivity index (χ1n) is 9.26. The summed E-state index contributed by atoms with van der Waals surface area (Å²) in [6, 6.07) is 11.5. The van der Waals surface area contributed by atoms with E-state index < -0.39 is 0 Å². The van der Waals surface area contributed by atoms with Crippen LogP contribution in [0.25, 0.3) is 0 Å². The van der Waals surface area contributed by atoms with Gasteiger partial charge in [0.15, 0.2) is 23.0 Å². The van der Waals surface area contributed by atoms with E-state index in [-0.39, 0.29) is 11.9 Å². The molecule has 1 N–H and O–H groups in total. The summed E-state index contributed by atoms with van der Waals surface area (Å²) in [7, 11) is 0. The Balaban J connectivity index is 1.32. The Hall–Kier alpha value is -2.89. The van der Waals surface area contributed by atoms with Gasteiger partial charge in [0.1, 0.15) is 26.4 Å². The van der Waals surface area contributed by atoms with E-state index in [1.54, 1.807) is 0 Å². The number of hydrogen-bond donors (Lipinski definition) is 1. The lowest BCUT2D eigenvalue weighted by molar-refractivity contribution is -0.121. The van der Waals surface area contributed by atoms with Gasteiger partial charge in [-0.15, -0.1) is 0 Å². The minimum absolute atomic E-state index is 0.00674. The number of fused-ring (bicyclic) bond motifs is 2. The average Bonchev–Trinajstić information content (AvgIpc) is 2.71. The van der Waals surface area contributed by atoms with Gasteiger partial charge in [-0.3, -0.25) is 4.79 Å². The first-order chi connectivity index (χ1) is 13.2. The fraction of sp³-hybridized carbons (Fsp3) is 0.381. The summed E-state index contributed by atoms with van der Waals surface area (Å²) in [4.78, 5) is 12.4. The zero-order chi connectivity index (χ0) is 18.6. The highest BCUT2D eigenvalue weighted by Gasteiger charge is 2.16. The van der Waals surface area contributed by atoms with Crippen LogP contribution in [0.5, 0.6) is 23.0 Å². The summed E-state index contributed by atoms with van der Waals surface area (Å²) in [5.41, 5.74) is 2.05. The molecule has 2 aliphatic rings. The van der Waals surface area contributed by atoms with E-state index in [0.717, 1.165) is 34.1 Å². The number of carbonyl (C=O) groups is 1. The molecule has 1 unspecified atom stereocenters. The lowest BCUT2D eigenvalue weighted by Crippen LogP contribution is -2.27. The van der Waals surface area contributed by atoms with Crippen molar-refractivity contribution < 1.29 is 23.7 Å². The van der Waals surface area contributed by atoms with Crippen molar-refractivity contribution in [2.24, 2.45) is 0 Å². The van der Waals surface area contributed by atoms with Gasteiger partial charge in [-0.2, -0.15) is 0 Å². The molecule has 6 nitrogen and oxygen atoms in total. The quantitative estimate of drug-likeness (QED) is 0.878. The van der Waals surface area contributed by atoms with Gasteiger partial charge in [0, 0.05) is 6.42 Å². The molecule has 142 valence electrons. The molecule has 1 atom stereocenters. The summed E-state index contributed by atoms with van der Waals surface area (Å²) >= 11 is 0. The third-order valence-corrected chi connectivity index (χ3v) is 4.69. The molecule has 2 aromatic rings. The monoisotopic (exact) mass is 369 g/mol. The number of benzene rings is 2. The maximum Gasteiger partial charge on any atom is 0.220 e. The number of aryl methyl sites for hydroxylation is 1. The number of rotatable bonds is 5. The smallest absolute Gasteiger partial charge is 0.220 e. The Morgan fingerprint density at radius 2 is 1.48 bits per heavy atom. The zero-order valence-electron chi connectivity index (χ0n) is 15.3. The molecule has 0 saturated heterocycles. The third kappa shape index (κ3) is 4.10. The van der Waals surface area contributed by atoms with Crippen LogP contribution in [0.15, 0.2) is 36.4 Å². The van der Waals surface area contributed by atoms with E-state index in [2.05, 4.69) is 5.32 Å². The minimum Gasteiger partial charge on any atom is -0.486 e. The van der Waals surface area contributed by atoms with Gasteiger partial charge in [-0.05, 0) is 48.7 Å². The highest BCUT2D eigenvalue weighted by molar-refractivity contribution is 5.76. The average molecular weight is 369 g/mol. The summed E-state index contributed by atoms with van der Waals surface area (Å²) in [5.74, 6) is 3.01. The van der Waals surface area contributed by atoms with Crippen LogP contribution in [0.3, 0.4) is 0 Å². The topological polar surface area (TPSA) is 66.0 Å². The van der Waals surface area contributed by atoms with Crippen molar-refractivity contribution in [3.05, 3.63) is 47.5 Å². The second-order valence-electron chi connectivity index (χ2n) is 6.67. The molecule has 0 aromatic heterocycles. The molecule has 0 bridgehead atoms. The normalized spacial score (nSPS) is 15.7. The predicted octanol–water partition coefficient (Wildman–Crippen LogP) is 3.04. The largest absolute Gasteiger partial charge is 0.486 e. The second-order valence-corrected chi connectivity index (χ2v) is 6.67. The summed E-state index contributed by atoms with van der Waals surface area (Å²) in [6.45, 7) is 4.22. The first-order valence-corrected chi connectivity index (χ1v) is 9.26. The first kappa shape index (κ1) is 17.5. The van der Waals surface area contributed by atoms with Crippen molar-refractivity contribution in [3.8, 4) is 23.0 Å².